The molecule has 1 aliphatic heterocycles. The highest BCUT2D eigenvalue weighted by Crippen LogP contribution is 2.24. The van der Waals surface area contributed by atoms with E-state index in [0.717, 1.165) is 10.6 Å². The summed E-state index contributed by atoms with van der Waals surface area (Å²) in [5, 5.41) is 9.55. The lowest BCUT2D eigenvalue weighted by Crippen LogP contribution is -2.17. The van der Waals surface area contributed by atoms with E-state index in [1.807, 2.05) is 12.1 Å². The van der Waals surface area contributed by atoms with Gasteiger partial charge >= 0.3 is 5.97 Å². The van der Waals surface area contributed by atoms with Crippen LogP contribution in [0, 0.1) is 0 Å². The molecule has 0 saturated carbocycles. The standard InChI is InChI=1S/C10H10N2O2S/c11-7-3-1-2-6(4-7)9-12-8(5-15-9)10(13)14/h1-4,8H,5,11H2,(H,13,14). The van der Waals surface area contributed by atoms with Crippen molar-refractivity contribution < 1.29 is 9.90 Å². The molecule has 0 bridgehead atoms. The van der Waals surface area contributed by atoms with E-state index in [2.05, 4.69) is 4.99 Å². The van der Waals surface area contributed by atoms with Gasteiger partial charge in [0.25, 0.3) is 0 Å². The van der Waals surface area contributed by atoms with Crippen LogP contribution < -0.4 is 5.73 Å². The number of nitrogen functional groups attached to an aromatic ring is 1. The minimum atomic E-state index is -0.874. The monoisotopic (exact) mass is 222 g/mol. The van der Waals surface area contributed by atoms with Crippen LogP contribution in [-0.4, -0.2) is 27.9 Å². The van der Waals surface area contributed by atoms with Crippen LogP contribution in [0.3, 0.4) is 0 Å². The molecular weight excluding hydrogens is 212 g/mol. The van der Waals surface area contributed by atoms with Crippen LogP contribution in [0.15, 0.2) is 29.3 Å². The van der Waals surface area contributed by atoms with Crippen molar-refractivity contribution in [2.75, 3.05) is 11.5 Å². The maximum Gasteiger partial charge on any atom is 0.329 e. The van der Waals surface area contributed by atoms with Crippen molar-refractivity contribution in [3.05, 3.63) is 29.8 Å². The molecule has 0 fully saturated rings. The second kappa shape index (κ2) is 3.94. The first-order valence-electron chi connectivity index (χ1n) is 4.46. The number of aliphatic carboxylic acids is 1. The third-order valence-electron chi connectivity index (χ3n) is 2.07. The van der Waals surface area contributed by atoms with E-state index < -0.39 is 12.0 Å². The zero-order valence-electron chi connectivity index (χ0n) is 7.88. The molecule has 0 spiro atoms. The predicted molar refractivity (Wildman–Crippen MR) is 61.3 cm³/mol. The van der Waals surface area contributed by atoms with Gasteiger partial charge in [0.05, 0.1) is 5.04 Å². The lowest BCUT2D eigenvalue weighted by atomic mass is 10.2. The van der Waals surface area contributed by atoms with Crippen molar-refractivity contribution in [1.82, 2.24) is 0 Å². The number of hydrogen-bond acceptors (Lipinski definition) is 4. The van der Waals surface area contributed by atoms with Crippen molar-refractivity contribution in [3.63, 3.8) is 0 Å². The zero-order chi connectivity index (χ0) is 10.8. The Bertz CT molecular complexity index is 431. The van der Waals surface area contributed by atoms with Crippen molar-refractivity contribution >= 4 is 28.5 Å². The van der Waals surface area contributed by atoms with E-state index in [-0.39, 0.29) is 0 Å². The van der Waals surface area contributed by atoms with Gasteiger partial charge in [-0.05, 0) is 12.1 Å². The van der Waals surface area contributed by atoms with Gasteiger partial charge in [0.15, 0.2) is 6.04 Å². The first-order valence-corrected chi connectivity index (χ1v) is 5.44. The van der Waals surface area contributed by atoms with E-state index in [9.17, 15) is 4.79 Å². The Balaban J connectivity index is 2.26. The Morgan fingerprint density at radius 2 is 2.40 bits per heavy atom. The minimum absolute atomic E-state index is 0.499. The molecule has 2 rings (SSSR count). The molecule has 0 amide bonds. The maximum atomic E-state index is 10.7. The number of nitrogens with two attached hydrogens (primary N) is 1. The van der Waals surface area contributed by atoms with Gasteiger partial charge < -0.3 is 10.8 Å². The molecule has 0 aromatic heterocycles. The number of rotatable bonds is 2. The molecule has 0 saturated heterocycles. The van der Waals surface area contributed by atoms with Gasteiger partial charge in [0, 0.05) is 17.0 Å². The number of aliphatic imine (C=N–C) groups is 1. The van der Waals surface area contributed by atoms with Gasteiger partial charge in [0.2, 0.25) is 0 Å². The molecule has 0 radical (unpaired) electrons. The van der Waals surface area contributed by atoms with Crippen LogP contribution in [0.4, 0.5) is 5.69 Å². The fourth-order valence-electron chi connectivity index (χ4n) is 1.33. The second-order valence-corrected chi connectivity index (χ2v) is 4.23. The molecule has 4 nitrogen and oxygen atoms in total. The van der Waals surface area contributed by atoms with Crippen LogP contribution in [-0.2, 0) is 4.79 Å². The van der Waals surface area contributed by atoms with Gasteiger partial charge in [-0.15, -0.1) is 11.8 Å². The Morgan fingerprint density at radius 3 is 3.00 bits per heavy atom. The van der Waals surface area contributed by atoms with Crippen molar-refractivity contribution in [1.29, 1.82) is 0 Å². The van der Waals surface area contributed by atoms with Crippen LogP contribution in [0.1, 0.15) is 5.56 Å². The van der Waals surface area contributed by atoms with Gasteiger partial charge in [-0.2, -0.15) is 0 Å². The van der Waals surface area contributed by atoms with E-state index in [4.69, 9.17) is 10.8 Å². The number of carboxylic acids is 1. The fourth-order valence-corrected chi connectivity index (χ4v) is 2.36. The average Bonchev–Trinajstić information content (AvgIpc) is 2.66. The molecular formula is C10H10N2O2S. The van der Waals surface area contributed by atoms with Gasteiger partial charge in [-0.25, -0.2) is 4.79 Å². The zero-order valence-corrected chi connectivity index (χ0v) is 8.70. The number of benzene rings is 1. The number of thioether (sulfide) groups is 1. The lowest BCUT2D eigenvalue weighted by molar-refractivity contribution is -0.137. The van der Waals surface area contributed by atoms with E-state index in [0.29, 0.717) is 11.4 Å². The minimum Gasteiger partial charge on any atom is -0.480 e. The van der Waals surface area contributed by atoms with E-state index in [1.54, 1.807) is 12.1 Å². The Morgan fingerprint density at radius 1 is 1.60 bits per heavy atom. The second-order valence-electron chi connectivity index (χ2n) is 3.22. The normalized spacial score (nSPS) is 20.0. The van der Waals surface area contributed by atoms with Crippen LogP contribution in [0.2, 0.25) is 0 Å². The van der Waals surface area contributed by atoms with Crippen molar-refractivity contribution in [3.8, 4) is 0 Å². The smallest absolute Gasteiger partial charge is 0.329 e. The number of hydrogen-bond donors (Lipinski definition) is 2. The lowest BCUT2D eigenvalue weighted by Gasteiger charge is -1.99. The third kappa shape index (κ3) is 2.12. The first kappa shape index (κ1) is 10.0. The summed E-state index contributed by atoms with van der Waals surface area (Å²) in [4.78, 5) is 14.8. The van der Waals surface area contributed by atoms with Crippen molar-refractivity contribution in [2.24, 2.45) is 4.99 Å². The quantitative estimate of drug-likeness (QED) is 0.737. The third-order valence-corrected chi connectivity index (χ3v) is 3.17. The molecule has 1 atom stereocenters. The molecule has 3 N–H and O–H groups in total. The molecule has 1 aromatic rings. The molecule has 1 aliphatic rings. The summed E-state index contributed by atoms with van der Waals surface area (Å²) in [6.07, 6.45) is 0. The topological polar surface area (TPSA) is 75.7 Å². The Hall–Kier alpha value is -1.49. The van der Waals surface area contributed by atoms with E-state index in [1.165, 1.54) is 11.8 Å². The van der Waals surface area contributed by atoms with Crippen molar-refractivity contribution in [2.45, 2.75) is 6.04 Å². The fraction of sp³-hybridized carbons (Fsp3) is 0.200. The average molecular weight is 222 g/mol. The molecule has 5 heteroatoms. The first-order chi connectivity index (χ1) is 7.16. The number of nitrogens with zero attached hydrogens (tertiary/aromatic N) is 1. The molecule has 78 valence electrons. The molecule has 1 unspecified atom stereocenters. The summed E-state index contributed by atoms with van der Waals surface area (Å²) < 4.78 is 0. The Kier molecular flexibility index (Phi) is 2.64. The largest absolute Gasteiger partial charge is 0.480 e. The van der Waals surface area contributed by atoms with Crippen LogP contribution >= 0.6 is 11.8 Å². The summed E-state index contributed by atoms with van der Waals surface area (Å²) >= 11 is 1.45. The summed E-state index contributed by atoms with van der Waals surface area (Å²) in [6.45, 7) is 0. The SMILES string of the molecule is Nc1cccc(C2=NC(C(=O)O)CS2)c1. The summed E-state index contributed by atoms with van der Waals surface area (Å²) in [6, 6.07) is 6.69. The van der Waals surface area contributed by atoms with Gasteiger partial charge in [-0.1, -0.05) is 12.1 Å². The highest BCUT2D eigenvalue weighted by molar-refractivity contribution is 8.14. The Labute approximate surface area is 91.2 Å². The molecule has 1 aromatic carbocycles. The predicted octanol–water partition coefficient (Wildman–Crippen LogP) is 1.22. The van der Waals surface area contributed by atoms with Gasteiger partial charge in [-0.3, -0.25) is 4.99 Å². The summed E-state index contributed by atoms with van der Waals surface area (Å²) in [7, 11) is 0. The number of anilines is 1. The molecule has 0 aliphatic carbocycles. The number of carbonyl (C=O) groups is 1. The molecule has 1 heterocycles. The van der Waals surface area contributed by atoms with Crippen LogP contribution in [0.25, 0.3) is 0 Å². The maximum absolute atomic E-state index is 10.7. The highest BCUT2D eigenvalue weighted by Gasteiger charge is 2.24. The van der Waals surface area contributed by atoms with Gasteiger partial charge in [0.1, 0.15) is 0 Å². The number of carboxylic acid groups (broad SMARTS) is 1. The van der Waals surface area contributed by atoms with Crippen LogP contribution in [0.5, 0.6) is 0 Å². The summed E-state index contributed by atoms with van der Waals surface area (Å²) in [5.41, 5.74) is 7.19. The summed E-state index contributed by atoms with van der Waals surface area (Å²) in [5.74, 6) is -0.374. The molecule has 15 heavy (non-hydrogen) atoms. The highest BCUT2D eigenvalue weighted by atomic mass is 32.2. The van der Waals surface area contributed by atoms with E-state index >= 15 is 0 Å².